The first-order valence-corrected chi connectivity index (χ1v) is 11.7. The number of hydrogen-bond donors (Lipinski definition) is 3. The molecule has 0 saturated carbocycles. The van der Waals surface area contributed by atoms with Crippen LogP contribution in [0.25, 0.3) is 11.0 Å². The number of Topliss-reactive ketones (excluding diaryl/α,β-unsaturated/α-hetero) is 1. The van der Waals surface area contributed by atoms with E-state index in [1.807, 2.05) is 32.0 Å². The third kappa shape index (κ3) is 5.43. The van der Waals surface area contributed by atoms with Crippen molar-refractivity contribution in [2.45, 2.75) is 32.6 Å². The summed E-state index contributed by atoms with van der Waals surface area (Å²) in [5, 5.41) is 26.6. The number of carbonyl (C=O) groups is 2. The number of anilines is 1. The van der Waals surface area contributed by atoms with Crippen LogP contribution in [0.1, 0.15) is 41.0 Å². The normalized spacial score (nSPS) is 12.3. The summed E-state index contributed by atoms with van der Waals surface area (Å²) in [6.07, 6.45) is -0.716. The molecule has 0 saturated heterocycles. The van der Waals surface area contributed by atoms with Crippen LogP contribution in [0.5, 0.6) is 5.75 Å². The van der Waals surface area contributed by atoms with Crippen LogP contribution in [0.3, 0.4) is 0 Å². The van der Waals surface area contributed by atoms with E-state index in [9.17, 15) is 24.7 Å². The lowest BCUT2D eigenvalue weighted by Gasteiger charge is -2.18. The van der Waals surface area contributed by atoms with E-state index in [-0.39, 0.29) is 29.0 Å². The minimum atomic E-state index is -0.851. The summed E-state index contributed by atoms with van der Waals surface area (Å²) in [4.78, 5) is 38.9. The van der Waals surface area contributed by atoms with Crippen molar-refractivity contribution in [3.63, 3.8) is 0 Å². The van der Waals surface area contributed by atoms with E-state index in [1.54, 1.807) is 54.6 Å². The van der Waals surface area contributed by atoms with E-state index in [0.29, 0.717) is 16.6 Å². The number of nitrogens with zero attached hydrogens (tertiary/aromatic N) is 1. The molecule has 0 aliphatic rings. The summed E-state index contributed by atoms with van der Waals surface area (Å²) in [6, 6.07) is 20.9. The number of aromatic hydroxyl groups is 1. The number of ketones is 1. The number of aryl methyl sites for hydroxylation is 2. The van der Waals surface area contributed by atoms with Gasteiger partial charge in [-0.15, -0.1) is 0 Å². The number of amides is 1. The summed E-state index contributed by atoms with van der Waals surface area (Å²) < 4.78 is 5.43. The van der Waals surface area contributed by atoms with Gasteiger partial charge in [0.1, 0.15) is 17.1 Å². The smallest absolute Gasteiger partial charge is 0.343 e. The predicted octanol–water partition coefficient (Wildman–Crippen LogP) is 5.07. The number of nitrogens with one attached hydrogen (secondary N) is 1. The summed E-state index contributed by atoms with van der Waals surface area (Å²) in [7, 11) is 0. The van der Waals surface area contributed by atoms with E-state index in [0.717, 1.165) is 11.1 Å². The molecule has 4 rings (SSSR count). The minimum absolute atomic E-state index is 0.0549. The highest BCUT2D eigenvalue weighted by Crippen LogP contribution is 2.36. The van der Waals surface area contributed by atoms with E-state index >= 15 is 0 Å². The van der Waals surface area contributed by atoms with Gasteiger partial charge >= 0.3 is 5.63 Å². The van der Waals surface area contributed by atoms with Gasteiger partial charge in [-0.3, -0.25) is 9.59 Å². The average molecular weight is 499 g/mol. The van der Waals surface area contributed by atoms with E-state index in [2.05, 4.69) is 10.5 Å². The summed E-state index contributed by atoms with van der Waals surface area (Å²) in [5.74, 6) is -2.30. The molecule has 3 N–H and O–H groups in total. The molecule has 0 bridgehead atoms. The van der Waals surface area contributed by atoms with Crippen molar-refractivity contribution in [2.75, 3.05) is 5.32 Å². The fourth-order valence-electron chi connectivity index (χ4n) is 4.37. The second-order valence-corrected chi connectivity index (χ2v) is 8.80. The number of oxime groups is 1. The largest absolute Gasteiger partial charge is 0.507 e. The second kappa shape index (κ2) is 10.9. The highest BCUT2D eigenvalue weighted by Gasteiger charge is 2.28. The maximum atomic E-state index is 13.2. The van der Waals surface area contributed by atoms with E-state index in [1.165, 1.54) is 0 Å². The van der Waals surface area contributed by atoms with Crippen molar-refractivity contribution in [1.29, 1.82) is 0 Å². The lowest BCUT2D eigenvalue weighted by atomic mass is 9.86. The molecule has 1 unspecified atom stereocenters. The Morgan fingerprint density at radius 3 is 2.27 bits per heavy atom. The standard InChI is InChI=1S/C29H26N2O6/c1-17-9-8-10-18(2)26(17)30-28(34)23(31-36)16-20(32)15-22(19-11-4-3-5-12-19)25-27(33)21-13-6-7-14-24(21)37-29(25)35/h3-14,22,33,36H,15-16H2,1-2H3,(H,30,34)/b31-23+. The highest BCUT2D eigenvalue weighted by atomic mass is 16.4. The van der Waals surface area contributed by atoms with Crippen molar-refractivity contribution in [1.82, 2.24) is 0 Å². The zero-order chi connectivity index (χ0) is 26.5. The van der Waals surface area contributed by atoms with Crippen LogP contribution in [0, 0.1) is 13.8 Å². The van der Waals surface area contributed by atoms with Crippen molar-refractivity contribution in [3.8, 4) is 5.75 Å². The number of rotatable bonds is 8. The van der Waals surface area contributed by atoms with Gasteiger partial charge < -0.3 is 20.0 Å². The molecule has 1 amide bonds. The van der Waals surface area contributed by atoms with Crippen molar-refractivity contribution < 1.29 is 24.3 Å². The Bertz CT molecular complexity index is 1540. The number of fused-ring (bicyclic) bond motifs is 1. The molecular weight excluding hydrogens is 472 g/mol. The first-order chi connectivity index (χ1) is 17.8. The Morgan fingerprint density at radius 2 is 1.59 bits per heavy atom. The number of hydrogen-bond acceptors (Lipinski definition) is 7. The molecule has 0 spiro atoms. The van der Waals surface area contributed by atoms with E-state index < -0.39 is 29.7 Å². The van der Waals surface area contributed by atoms with Crippen molar-refractivity contribution in [3.05, 3.63) is 105 Å². The van der Waals surface area contributed by atoms with Gasteiger partial charge in [0, 0.05) is 18.0 Å². The molecule has 1 heterocycles. The Balaban J connectivity index is 1.63. The molecule has 0 radical (unpaired) electrons. The molecule has 1 atom stereocenters. The number of para-hydroxylation sites is 2. The maximum absolute atomic E-state index is 13.2. The average Bonchev–Trinajstić information content (AvgIpc) is 2.89. The van der Waals surface area contributed by atoms with Gasteiger partial charge in [0.25, 0.3) is 5.91 Å². The minimum Gasteiger partial charge on any atom is -0.507 e. The monoisotopic (exact) mass is 498 g/mol. The molecule has 4 aromatic rings. The molecule has 8 nitrogen and oxygen atoms in total. The third-order valence-corrected chi connectivity index (χ3v) is 6.27. The molecule has 0 aliphatic carbocycles. The Morgan fingerprint density at radius 1 is 0.946 bits per heavy atom. The highest BCUT2D eigenvalue weighted by molar-refractivity contribution is 6.45. The van der Waals surface area contributed by atoms with Crippen LogP contribution in [-0.4, -0.2) is 27.7 Å². The lowest BCUT2D eigenvalue weighted by molar-refractivity contribution is -0.119. The van der Waals surface area contributed by atoms with Gasteiger partial charge in [0.05, 0.1) is 17.4 Å². The molecule has 1 aromatic heterocycles. The van der Waals surface area contributed by atoms with E-state index in [4.69, 9.17) is 4.42 Å². The van der Waals surface area contributed by atoms with Gasteiger partial charge in [-0.1, -0.05) is 65.8 Å². The first-order valence-electron chi connectivity index (χ1n) is 11.7. The van der Waals surface area contributed by atoms with Crippen molar-refractivity contribution in [2.24, 2.45) is 5.16 Å². The molecule has 8 heteroatoms. The quantitative estimate of drug-likeness (QED) is 0.135. The van der Waals surface area contributed by atoms with Crippen LogP contribution in [-0.2, 0) is 9.59 Å². The van der Waals surface area contributed by atoms with Crippen LogP contribution in [0.15, 0.2) is 87.2 Å². The van der Waals surface area contributed by atoms with Gasteiger partial charge in [-0.2, -0.15) is 0 Å². The van der Waals surface area contributed by atoms with Crippen LogP contribution in [0.4, 0.5) is 5.69 Å². The van der Waals surface area contributed by atoms with Gasteiger partial charge in [-0.25, -0.2) is 4.79 Å². The SMILES string of the molecule is Cc1cccc(C)c1NC(=O)/C(CC(=O)CC(c1ccccc1)c1c(O)c2ccccc2oc1=O)=N/O. The van der Waals surface area contributed by atoms with Gasteiger partial charge in [-0.05, 0) is 42.7 Å². The Labute approximate surface area is 212 Å². The Hall–Kier alpha value is -4.72. The Kier molecular flexibility index (Phi) is 7.48. The topological polar surface area (TPSA) is 129 Å². The second-order valence-electron chi connectivity index (χ2n) is 8.80. The molecule has 37 heavy (non-hydrogen) atoms. The summed E-state index contributed by atoms with van der Waals surface area (Å²) in [6.45, 7) is 3.66. The first kappa shape index (κ1) is 25.4. The molecule has 3 aromatic carbocycles. The van der Waals surface area contributed by atoms with Crippen LogP contribution in [0.2, 0.25) is 0 Å². The molecule has 188 valence electrons. The molecular formula is C29H26N2O6. The summed E-state index contributed by atoms with van der Waals surface area (Å²) in [5.41, 5.74) is 1.86. The fraction of sp³-hybridized carbons (Fsp3) is 0.172. The summed E-state index contributed by atoms with van der Waals surface area (Å²) >= 11 is 0. The number of carbonyl (C=O) groups excluding carboxylic acids is 2. The predicted molar refractivity (Wildman–Crippen MR) is 140 cm³/mol. The van der Waals surface area contributed by atoms with Crippen molar-refractivity contribution >= 4 is 34.1 Å². The van der Waals surface area contributed by atoms with Gasteiger partial charge in [0.15, 0.2) is 5.71 Å². The van der Waals surface area contributed by atoms with Gasteiger partial charge in [0.2, 0.25) is 0 Å². The van der Waals surface area contributed by atoms with Crippen LogP contribution >= 0.6 is 0 Å². The number of benzene rings is 3. The fourth-order valence-corrected chi connectivity index (χ4v) is 4.37. The molecule has 0 fully saturated rings. The zero-order valence-corrected chi connectivity index (χ0v) is 20.4. The zero-order valence-electron chi connectivity index (χ0n) is 20.4. The maximum Gasteiger partial charge on any atom is 0.343 e. The third-order valence-electron chi connectivity index (χ3n) is 6.27. The molecule has 0 aliphatic heterocycles. The van der Waals surface area contributed by atoms with Crippen LogP contribution < -0.4 is 10.9 Å². The lowest BCUT2D eigenvalue weighted by Crippen LogP contribution is -2.27.